The van der Waals surface area contributed by atoms with Gasteiger partial charge in [0.1, 0.15) is 0 Å². The van der Waals surface area contributed by atoms with E-state index in [0.717, 1.165) is 13.1 Å². The van der Waals surface area contributed by atoms with Crippen molar-refractivity contribution < 1.29 is 4.79 Å². The fourth-order valence-electron chi connectivity index (χ4n) is 1.27. The third-order valence-electron chi connectivity index (χ3n) is 2.33. The minimum atomic E-state index is -0.789. The first-order chi connectivity index (χ1) is 5.91. The molecule has 0 aliphatic carbocycles. The molecule has 0 bridgehead atoms. The highest BCUT2D eigenvalue weighted by Gasteiger charge is 2.29. The largest absolute Gasteiger partial charge is 0.350 e. The maximum atomic E-state index is 11.5. The summed E-state index contributed by atoms with van der Waals surface area (Å²) in [6.07, 6.45) is 0. The van der Waals surface area contributed by atoms with Crippen LogP contribution in [0.5, 0.6) is 0 Å². The van der Waals surface area contributed by atoms with E-state index >= 15 is 0 Å². The van der Waals surface area contributed by atoms with Gasteiger partial charge in [-0.3, -0.25) is 4.79 Å². The van der Waals surface area contributed by atoms with Gasteiger partial charge in [-0.25, -0.2) is 5.32 Å². The Labute approximate surface area is 79.3 Å². The molecule has 1 aliphatic heterocycles. The fraction of sp³-hybridized carbons (Fsp3) is 0.889. The summed E-state index contributed by atoms with van der Waals surface area (Å²) in [6, 6.07) is 0.176. The van der Waals surface area contributed by atoms with E-state index in [1.807, 2.05) is 0 Å². The van der Waals surface area contributed by atoms with Gasteiger partial charge in [0.25, 0.3) is 0 Å². The van der Waals surface area contributed by atoms with Crippen molar-refractivity contribution in [3.63, 3.8) is 0 Å². The van der Waals surface area contributed by atoms with Crippen LogP contribution in [0.25, 0.3) is 0 Å². The maximum absolute atomic E-state index is 11.5. The van der Waals surface area contributed by atoms with E-state index in [0.29, 0.717) is 5.92 Å². The number of nitrogens with one attached hydrogen (secondary N) is 1. The molecule has 1 heterocycles. The molecule has 2 atom stereocenters. The lowest BCUT2D eigenvalue weighted by Gasteiger charge is -2.23. The van der Waals surface area contributed by atoms with Crippen molar-refractivity contribution in [2.75, 3.05) is 13.1 Å². The lowest BCUT2D eigenvalue weighted by Crippen LogP contribution is -2.53. The second kappa shape index (κ2) is 3.64. The number of carbonyl (C=O) groups excluding carboxylic acids is 1. The van der Waals surface area contributed by atoms with Crippen LogP contribution in [0.3, 0.4) is 0 Å². The molecule has 1 aliphatic rings. The van der Waals surface area contributed by atoms with Crippen molar-refractivity contribution in [2.24, 2.45) is 11.7 Å². The molecule has 1 amide bonds. The first kappa shape index (κ1) is 10.5. The summed E-state index contributed by atoms with van der Waals surface area (Å²) >= 11 is 0. The first-order valence-corrected chi connectivity index (χ1v) is 4.64. The van der Waals surface area contributed by atoms with Gasteiger partial charge < -0.3 is 11.1 Å². The van der Waals surface area contributed by atoms with E-state index in [9.17, 15) is 4.79 Å². The normalized spacial score (nSPS) is 28.9. The molecule has 3 N–H and O–H groups in total. The number of amides is 1. The minimum Gasteiger partial charge on any atom is -0.350 e. The molecule has 1 fully saturated rings. The van der Waals surface area contributed by atoms with Gasteiger partial charge in [0.15, 0.2) is 0 Å². The molecule has 4 heteroatoms. The Kier molecular flexibility index (Phi) is 2.93. The van der Waals surface area contributed by atoms with Gasteiger partial charge in [-0.2, -0.15) is 0 Å². The Balaban J connectivity index is 2.45. The molecule has 75 valence electrons. The zero-order chi connectivity index (χ0) is 10.1. The summed E-state index contributed by atoms with van der Waals surface area (Å²) in [4.78, 5) is 11.5. The standard InChI is InChI=1S/C9H18N3O/c1-6-4-11-5-7(6)12-8(13)9(2,3)10/h6-7H,4-5,10H2,1-3H3,(H,12,13). The van der Waals surface area contributed by atoms with Crippen LogP contribution in [0.15, 0.2) is 0 Å². The van der Waals surface area contributed by atoms with E-state index in [1.54, 1.807) is 13.8 Å². The number of hydrogen-bond donors (Lipinski definition) is 2. The van der Waals surface area contributed by atoms with Crippen LogP contribution >= 0.6 is 0 Å². The van der Waals surface area contributed by atoms with E-state index < -0.39 is 5.54 Å². The molecular weight excluding hydrogens is 166 g/mol. The van der Waals surface area contributed by atoms with Gasteiger partial charge in [0, 0.05) is 19.1 Å². The quantitative estimate of drug-likeness (QED) is 0.605. The molecule has 0 aromatic rings. The van der Waals surface area contributed by atoms with Crippen molar-refractivity contribution in [1.82, 2.24) is 10.6 Å². The maximum Gasteiger partial charge on any atom is 0.239 e. The second-order valence-electron chi connectivity index (χ2n) is 4.37. The summed E-state index contributed by atoms with van der Waals surface area (Å²) in [6.45, 7) is 7.07. The van der Waals surface area contributed by atoms with Gasteiger partial charge in [0.2, 0.25) is 5.91 Å². The first-order valence-electron chi connectivity index (χ1n) is 4.64. The van der Waals surface area contributed by atoms with Crippen molar-refractivity contribution in [1.29, 1.82) is 0 Å². The van der Waals surface area contributed by atoms with Crippen LogP contribution in [0, 0.1) is 5.92 Å². The highest BCUT2D eigenvalue weighted by Crippen LogP contribution is 2.09. The molecule has 0 saturated carbocycles. The van der Waals surface area contributed by atoms with Crippen LogP contribution in [0.1, 0.15) is 20.8 Å². The smallest absolute Gasteiger partial charge is 0.239 e. The van der Waals surface area contributed by atoms with Crippen LogP contribution in [0.2, 0.25) is 0 Å². The van der Waals surface area contributed by atoms with Gasteiger partial charge in [0.05, 0.1) is 5.54 Å². The van der Waals surface area contributed by atoms with E-state index in [1.165, 1.54) is 0 Å². The topological polar surface area (TPSA) is 69.2 Å². The second-order valence-corrected chi connectivity index (χ2v) is 4.37. The Bertz CT molecular complexity index is 198. The summed E-state index contributed by atoms with van der Waals surface area (Å²) in [5.41, 5.74) is 4.87. The Hall–Kier alpha value is -0.610. The van der Waals surface area contributed by atoms with Crippen LogP contribution < -0.4 is 16.4 Å². The Morgan fingerprint density at radius 1 is 1.54 bits per heavy atom. The van der Waals surface area contributed by atoms with Gasteiger partial charge in [-0.05, 0) is 19.8 Å². The molecule has 1 saturated heterocycles. The fourth-order valence-corrected chi connectivity index (χ4v) is 1.27. The summed E-state index contributed by atoms with van der Waals surface area (Å²) in [5, 5.41) is 7.14. The number of nitrogens with two attached hydrogens (primary N) is 1. The molecule has 4 nitrogen and oxygen atoms in total. The molecule has 2 unspecified atom stereocenters. The number of rotatable bonds is 2. The van der Waals surface area contributed by atoms with E-state index in [-0.39, 0.29) is 11.9 Å². The summed E-state index contributed by atoms with van der Waals surface area (Å²) in [7, 11) is 0. The Morgan fingerprint density at radius 3 is 2.54 bits per heavy atom. The molecule has 0 aromatic heterocycles. The molecular formula is C9H18N3O. The van der Waals surface area contributed by atoms with E-state index in [4.69, 9.17) is 5.73 Å². The van der Waals surface area contributed by atoms with Crippen LogP contribution in [0.4, 0.5) is 0 Å². The summed E-state index contributed by atoms with van der Waals surface area (Å²) < 4.78 is 0. The van der Waals surface area contributed by atoms with E-state index in [2.05, 4.69) is 17.6 Å². The van der Waals surface area contributed by atoms with Crippen LogP contribution in [-0.2, 0) is 4.79 Å². The summed E-state index contributed by atoms with van der Waals surface area (Å²) in [5.74, 6) is 0.341. The number of nitrogens with zero attached hydrogens (tertiary/aromatic N) is 1. The monoisotopic (exact) mass is 184 g/mol. The number of hydrogen-bond acceptors (Lipinski definition) is 2. The van der Waals surface area contributed by atoms with Gasteiger partial charge in [-0.1, -0.05) is 6.92 Å². The van der Waals surface area contributed by atoms with Crippen molar-refractivity contribution in [3.05, 3.63) is 0 Å². The molecule has 0 aromatic carbocycles. The van der Waals surface area contributed by atoms with Gasteiger partial charge in [-0.15, -0.1) is 0 Å². The number of carbonyl (C=O) groups is 1. The molecule has 1 rings (SSSR count). The minimum absolute atomic E-state index is 0.0959. The lowest BCUT2D eigenvalue weighted by molar-refractivity contribution is -0.126. The van der Waals surface area contributed by atoms with Crippen molar-refractivity contribution in [3.8, 4) is 0 Å². The average molecular weight is 184 g/mol. The highest BCUT2D eigenvalue weighted by molar-refractivity contribution is 5.85. The zero-order valence-corrected chi connectivity index (χ0v) is 8.50. The third-order valence-corrected chi connectivity index (χ3v) is 2.33. The molecule has 0 spiro atoms. The predicted octanol–water partition coefficient (Wildman–Crippen LogP) is -0.537. The molecule has 13 heavy (non-hydrogen) atoms. The van der Waals surface area contributed by atoms with Crippen molar-refractivity contribution >= 4 is 5.91 Å². The van der Waals surface area contributed by atoms with Gasteiger partial charge >= 0.3 is 0 Å². The Morgan fingerprint density at radius 2 is 2.15 bits per heavy atom. The average Bonchev–Trinajstić information content (AvgIpc) is 2.34. The highest BCUT2D eigenvalue weighted by atomic mass is 16.2. The third kappa shape index (κ3) is 2.67. The predicted molar refractivity (Wildman–Crippen MR) is 51.2 cm³/mol. The lowest BCUT2D eigenvalue weighted by atomic mass is 10.0. The van der Waals surface area contributed by atoms with Crippen LogP contribution in [-0.4, -0.2) is 30.6 Å². The molecule has 1 radical (unpaired) electrons. The SMILES string of the molecule is CC1C[N]CC1NC(=O)C(C)(C)N. The zero-order valence-electron chi connectivity index (χ0n) is 8.50. The van der Waals surface area contributed by atoms with Crippen molar-refractivity contribution in [2.45, 2.75) is 32.4 Å².